The number of nitrogens with zero attached hydrogens (tertiary/aromatic N) is 1. The third-order valence-electron chi connectivity index (χ3n) is 2.18. The summed E-state index contributed by atoms with van der Waals surface area (Å²) in [6.07, 6.45) is 0. The molecule has 0 saturated heterocycles. The normalized spacial score (nSPS) is 11.8. The van der Waals surface area contributed by atoms with E-state index in [-0.39, 0.29) is 0 Å². The van der Waals surface area contributed by atoms with Crippen LogP contribution in [0.3, 0.4) is 0 Å². The predicted octanol–water partition coefficient (Wildman–Crippen LogP) is -0.635. The molecule has 0 radical (unpaired) electrons. The maximum absolute atomic E-state index is 13.4. The molecule has 8 nitrogen and oxygen atoms in total. The van der Waals surface area contributed by atoms with E-state index in [1.807, 2.05) is 4.72 Å². The summed E-state index contributed by atoms with van der Waals surface area (Å²) in [6.45, 7) is -1.40. The summed E-state index contributed by atoms with van der Waals surface area (Å²) in [5.41, 5.74) is -0.591. The molecular formula is C9H11FN2O6S. The molecule has 0 saturated carbocycles. The number of rotatable bonds is 6. The van der Waals surface area contributed by atoms with Gasteiger partial charge in [-0.1, -0.05) is 0 Å². The third kappa shape index (κ3) is 3.67. The summed E-state index contributed by atoms with van der Waals surface area (Å²) < 4.78 is 38.8. The minimum atomic E-state index is -4.42. The average molecular weight is 294 g/mol. The fourth-order valence-corrected chi connectivity index (χ4v) is 2.54. The topological polar surface area (TPSA) is 130 Å². The van der Waals surface area contributed by atoms with Crippen molar-refractivity contribution in [2.75, 3.05) is 13.2 Å². The molecule has 1 aromatic carbocycles. The second-order valence-electron chi connectivity index (χ2n) is 3.56. The van der Waals surface area contributed by atoms with Gasteiger partial charge in [-0.05, 0) is 6.07 Å². The van der Waals surface area contributed by atoms with E-state index in [0.29, 0.717) is 12.1 Å². The lowest BCUT2D eigenvalue weighted by molar-refractivity contribution is -0.385. The predicted molar refractivity (Wildman–Crippen MR) is 61.3 cm³/mol. The first-order valence-electron chi connectivity index (χ1n) is 4.99. The van der Waals surface area contributed by atoms with Crippen LogP contribution in [0.5, 0.6) is 0 Å². The number of nitro benzene ring substituents is 1. The number of aliphatic hydroxyl groups excluding tert-OH is 2. The minimum Gasteiger partial charge on any atom is -0.395 e. The standard InChI is InChI=1S/C9H11FN2O6S/c10-8-2-1-7(12(15)16)3-9(8)19(17,18)11-6(4-13)5-14/h1-3,6,11,13-14H,4-5H2. The Kier molecular flexibility index (Phi) is 4.89. The van der Waals surface area contributed by atoms with Gasteiger partial charge in [0.25, 0.3) is 5.69 Å². The summed E-state index contributed by atoms with van der Waals surface area (Å²) in [5, 5.41) is 28.0. The van der Waals surface area contributed by atoms with Gasteiger partial charge in [-0.15, -0.1) is 0 Å². The molecule has 1 aromatic rings. The molecule has 1 rings (SSSR count). The SMILES string of the molecule is O=[N+]([O-])c1ccc(F)c(S(=O)(=O)NC(CO)CO)c1. The summed E-state index contributed by atoms with van der Waals surface area (Å²) >= 11 is 0. The summed E-state index contributed by atoms with van der Waals surface area (Å²) in [4.78, 5) is 8.72. The summed E-state index contributed by atoms with van der Waals surface area (Å²) in [5.74, 6) is -1.17. The number of benzene rings is 1. The monoisotopic (exact) mass is 294 g/mol. The number of sulfonamides is 1. The Labute approximate surface area is 107 Å². The van der Waals surface area contributed by atoms with Crippen LogP contribution in [-0.2, 0) is 10.0 Å². The molecule has 0 aromatic heterocycles. The lowest BCUT2D eigenvalue weighted by atomic mass is 10.3. The van der Waals surface area contributed by atoms with Crippen molar-refractivity contribution in [3.8, 4) is 0 Å². The summed E-state index contributed by atoms with van der Waals surface area (Å²) in [6, 6.07) is 0.816. The number of aliphatic hydroxyl groups is 2. The van der Waals surface area contributed by atoms with Gasteiger partial charge in [-0.25, -0.2) is 17.5 Å². The highest BCUT2D eigenvalue weighted by atomic mass is 32.2. The number of nitro groups is 1. The van der Waals surface area contributed by atoms with Gasteiger partial charge in [0.1, 0.15) is 10.7 Å². The maximum Gasteiger partial charge on any atom is 0.270 e. The molecule has 3 N–H and O–H groups in total. The molecule has 10 heteroatoms. The lowest BCUT2D eigenvalue weighted by Gasteiger charge is -2.13. The van der Waals surface area contributed by atoms with E-state index < -0.39 is 50.6 Å². The molecule has 0 heterocycles. The third-order valence-corrected chi connectivity index (χ3v) is 3.71. The van der Waals surface area contributed by atoms with Crippen molar-refractivity contribution in [1.82, 2.24) is 4.72 Å². The van der Waals surface area contributed by atoms with Crippen molar-refractivity contribution in [2.24, 2.45) is 0 Å². The van der Waals surface area contributed by atoms with Gasteiger partial charge in [0.15, 0.2) is 0 Å². The van der Waals surface area contributed by atoms with Gasteiger partial charge in [0, 0.05) is 12.1 Å². The summed E-state index contributed by atoms with van der Waals surface area (Å²) in [7, 11) is -4.42. The highest BCUT2D eigenvalue weighted by Gasteiger charge is 2.25. The molecule has 0 atom stereocenters. The Morgan fingerprint density at radius 3 is 2.42 bits per heavy atom. The van der Waals surface area contributed by atoms with Crippen molar-refractivity contribution in [3.63, 3.8) is 0 Å². The van der Waals surface area contributed by atoms with Crippen LogP contribution in [0, 0.1) is 15.9 Å². The zero-order valence-corrected chi connectivity index (χ0v) is 10.3. The quantitative estimate of drug-likeness (QED) is 0.473. The molecule has 0 aliphatic heterocycles. The van der Waals surface area contributed by atoms with Gasteiger partial charge in [-0.3, -0.25) is 10.1 Å². The Bertz CT molecular complexity index is 572. The molecule has 0 aliphatic rings. The molecule has 0 unspecified atom stereocenters. The molecule has 0 aliphatic carbocycles. The van der Waals surface area contributed by atoms with E-state index in [1.54, 1.807) is 0 Å². The minimum absolute atomic E-state index is 0.559. The van der Waals surface area contributed by atoms with E-state index >= 15 is 0 Å². The van der Waals surface area contributed by atoms with Crippen LogP contribution in [0.2, 0.25) is 0 Å². The molecule has 0 fully saturated rings. The lowest BCUT2D eigenvalue weighted by Crippen LogP contribution is -2.40. The fraction of sp³-hybridized carbons (Fsp3) is 0.333. The molecule has 0 amide bonds. The Morgan fingerprint density at radius 1 is 1.37 bits per heavy atom. The zero-order valence-electron chi connectivity index (χ0n) is 9.48. The molecule has 0 bridgehead atoms. The second-order valence-corrected chi connectivity index (χ2v) is 5.24. The van der Waals surface area contributed by atoms with Crippen molar-refractivity contribution in [3.05, 3.63) is 34.1 Å². The van der Waals surface area contributed by atoms with Crippen molar-refractivity contribution in [2.45, 2.75) is 10.9 Å². The van der Waals surface area contributed by atoms with E-state index in [1.165, 1.54) is 0 Å². The average Bonchev–Trinajstić information content (AvgIpc) is 2.35. The van der Waals surface area contributed by atoms with Crippen molar-refractivity contribution >= 4 is 15.7 Å². The van der Waals surface area contributed by atoms with Crippen LogP contribution in [0.1, 0.15) is 0 Å². The van der Waals surface area contributed by atoms with Gasteiger partial charge in [0.05, 0.1) is 24.2 Å². The maximum atomic E-state index is 13.4. The second kappa shape index (κ2) is 6.02. The number of non-ortho nitro benzene ring substituents is 1. The van der Waals surface area contributed by atoms with Gasteiger partial charge >= 0.3 is 0 Å². The largest absolute Gasteiger partial charge is 0.395 e. The first-order valence-corrected chi connectivity index (χ1v) is 6.48. The van der Waals surface area contributed by atoms with Gasteiger partial charge in [0.2, 0.25) is 10.0 Å². The fourth-order valence-electron chi connectivity index (χ4n) is 1.23. The molecule has 19 heavy (non-hydrogen) atoms. The Morgan fingerprint density at radius 2 is 1.95 bits per heavy atom. The van der Waals surface area contributed by atoms with Gasteiger partial charge < -0.3 is 10.2 Å². The molecule has 0 spiro atoms. The Hall–Kier alpha value is -1.62. The van der Waals surface area contributed by atoms with Crippen LogP contribution in [0.4, 0.5) is 10.1 Å². The molecule has 106 valence electrons. The van der Waals surface area contributed by atoms with E-state index in [2.05, 4.69) is 0 Å². The first kappa shape index (κ1) is 15.4. The van der Waals surface area contributed by atoms with E-state index in [0.717, 1.165) is 6.07 Å². The van der Waals surface area contributed by atoms with Crippen LogP contribution < -0.4 is 4.72 Å². The number of halogens is 1. The zero-order chi connectivity index (χ0) is 14.6. The highest BCUT2D eigenvalue weighted by Crippen LogP contribution is 2.21. The van der Waals surface area contributed by atoms with Crippen LogP contribution >= 0.6 is 0 Å². The first-order chi connectivity index (χ1) is 8.81. The van der Waals surface area contributed by atoms with Crippen molar-refractivity contribution in [1.29, 1.82) is 0 Å². The Balaban J connectivity index is 3.20. The van der Waals surface area contributed by atoms with Crippen LogP contribution in [0.15, 0.2) is 23.1 Å². The van der Waals surface area contributed by atoms with Crippen LogP contribution in [-0.4, -0.2) is 42.8 Å². The molecular weight excluding hydrogens is 283 g/mol. The van der Waals surface area contributed by atoms with E-state index in [4.69, 9.17) is 10.2 Å². The van der Waals surface area contributed by atoms with Crippen molar-refractivity contribution < 1.29 is 27.9 Å². The number of hydrogen-bond donors (Lipinski definition) is 3. The highest BCUT2D eigenvalue weighted by molar-refractivity contribution is 7.89. The van der Waals surface area contributed by atoms with E-state index in [9.17, 15) is 22.9 Å². The van der Waals surface area contributed by atoms with Crippen LogP contribution in [0.25, 0.3) is 0 Å². The number of nitrogens with one attached hydrogen (secondary N) is 1. The van der Waals surface area contributed by atoms with Gasteiger partial charge in [-0.2, -0.15) is 0 Å². The number of hydrogen-bond acceptors (Lipinski definition) is 6. The smallest absolute Gasteiger partial charge is 0.270 e.